The Labute approximate surface area is 178 Å². The number of carbonyl (C=O) groups excluding carboxylic acids is 1. The van der Waals surface area contributed by atoms with E-state index >= 15 is 0 Å². The van der Waals surface area contributed by atoms with Crippen molar-refractivity contribution in [2.75, 3.05) is 36.2 Å². The number of hydrogen-bond donors (Lipinski definition) is 3. The van der Waals surface area contributed by atoms with E-state index in [1.807, 2.05) is 25.1 Å². The maximum absolute atomic E-state index is 13.0. The van der Waals surface area contributed by atoms with Crippen LogP contribution in [0.25, 0.3) is 0 Å². The average Bonchev–Trinajstić information content (AvgIpc) is 3.08. The summed E-state index contributed by atoms with van der Waals surface area (Å²) in [7, 11) is 3.83. The van der Waals surface area contributed by atoms with E-state index in [0.717, 1.165) is 37.6 Å². The average molecular weight is 440 g/mol. The number of aromatic nitrogens is 2. The fourth-order valence-corrected chi connectivity index (χ4v) is 3.58. The molecular formula is C20H27F3N6O2. The summed E-state index contributed by atoms with van der Waals surface area (Å²) < 4.78 is 43.5. The molecule has 11 heteroatoms. The summed E-state index contributed by atoms with van der Waals surface area (Å²) in [5.74, 6) is 0.540. The Morgan fingerprint density at radius 1 is 1.26 bits per heavy atom. The number of amides is 2. The Kier molecular flexibility index (Phi) is 6.91. The zero-order chi connectivity index (χ0) is 22.6. The van der Waals surface area contributed by atoms with Gasteiger partial charge in [-0.2, -0.15) is 18.2 Å². The van der Waals surface area contributed by atoms with Crippen LogP contribution in [0.4, 0.5) is 35.4 Å². The van der Waals surface area contributed by atoms with Crippen molar-refractivity contribution in [1.29, 1.82) is 0 Å². The summed E-state index contributed by atoms with van der Waals surface area (Å²) in [4.78, 5) is 22.7. The fourth-order valence-electron chi connectivity index (χ4n) is 3.58. The van der Waals surface area contributed by atoms with Gasteiger partial charge in [0, 0.05) is 38.9 Å². The minimum absolute atomic E-state index is 0.0774. The standard InChI is InChI=1S/C20H27F3N6O2/c1-12-10-15(17(31-12)20(21,22)23)27-19(30)25-11-13-4-6-14(7-5-13)26-18-24-9-8-16(28-18)29(2)3/h8-10,13-14H,4-7,11H2,1-3H3,(H,24,26,28)(H2,25,27,30). The monoisotopic (exact) mass is 440 g/mol. The van der Waals surface area contributed by atoms with Crippen LogP contribution in [0.1, 0.15) is 37.2 Å². The summed E-state index contributed by atoms with van der Waals surface area (Å²) in [5, 5.41) is 8.25. The zero-order valence-electron chi connectivity index (χ0n) is 17.7. The van der Waals surface area contributed by atoms with E-state index in [-0.39, 0.29) is 23.4 Å². The van der Waals surface area contributed by atoms with Gasteiger partial charge in [-0.1, -0.05) is 0 Å². The van der Waals surface area contributed by atoms with E-state index in [1.165, 1.54) is 6.92 Å². The second kappa shape index (κ2) is 9.44. The van der Waals surface area contributed by atoms with Crippen molar-refractivity contribution in [3.8, 4) is 0 Å². The van der Waals surface area contributed by atoms with Crippen LogP contribution < -0.4 is 20.9 Å². The van der Waals surface area contributed by atoms with Crippen LogP contribution in [0.2, 0.25) is 0 Å². The number of nitrogens with zero attached hydrogens (tertiary/aromatic N) is 3. The number of alkyl halides is 3. The molecule has 0 bridgehead atoms. The second-order valence-electron chi connectivity index (χ2n) is 7.93. The number of carbonyl (C=O) groups is 1. The van der Waals surface area contributed by atoms with Crippen molar-refractivity contribution >= 4 is 23.5 Å². The second-order valence-corrected chi connectivity index (χ2v) is 7.93. The van der Waals surface area contributed by atoms with Crippen LogP contribution in [0.5, 0.6) is 0 Å². The van der Waals surface area contributed by atoms with Gasteiger partial charge in [-0.05, 0) is 44.6 Å². The number of hydrogen-bond acceptors (Lipinski definition) is 6. The summed E-state index contributed by atoms with van der Waals surface area (Å²) >= 11 is 0. The highest BCUT2D eigenvalue weighted by atomic mass is 19.4. The molecule has 3 N–H and O–H groups in total. The van der Waals surface area contributed by atoms with Crippen molar-refractivity contribution in [3.05, 3.63) is 29.9 Å². The van der Waals surface area contributed by atoms with E-state index in [1.54, 1.807) is 6.20 Å². The summed E-state index contributed by atoms with van der Waals surface area (Å²) in [5.41, 5.74) is -0.379. The number of halogens is 3. The van der Waals surface area contributed by atoms with Crippen LogP contribution in [0.15, 0.2) is 22.7 Å². The zero-order valence-corrected chi connectivity index (χ0v) is 17.7. The molecule has 2 aromatic rings. The van der Waals surface area contributed by atoms with E-state index in [2.05, 4.69) is 30.3 Å². The molecule has 0 aromatic carbocycles. The van der Waals surface area contributed by atoms with Crippen LogP contribution in [0, 0.1) is 12.8 Å². The van der Waals surface area contributed by atoms with Crippen LogP contribution in [-0.4, -0.2) is 42.7 Å². The molecule has 1 aliphatic rings. The quantitative estimate of drug-likeness (QED) is 0.622. The highest BCUT2D eigenvalue weighted by molar-refractivity contribution is 5.90. The van der Waals surface area contributed by atoms with Crippen molar-refractivity contribution in [2.24, 2.45) is 5.92 Å². The topological polar surface area (TPSA) is 95.3 Å². The molecule has 0 aliphatic heterocycles. The Balaban J connectivity index is 1.43. The van der Waals surface area contributed by atoms with Crippen LogP contribution in [-0.2, 0) is 6.18 Å². The van der Waals surface area contributed by atoms with Gasteiger partial charge < -0.3 is 25.3 Å². The molecule has 1 fully saturated rings. The number of urea groups is 1. The Bertz CT molecular complexity index is 891. The largest absolute Gasteiger partial charge is 0.455 e. The van der Waals surface area contributed by atoms with Gasteiger partial charge in [0.05, 0.1) is 5.69 Å². The molecule has 0 spiro atoms. The Hall–Kier alpha value is -2.98. The van der Waals surface area contributed by atoms with Crippen molar-refractivity contribution < 1.29 is 22.4 Å². The third-order valence-corrected chi connectivity index (χ3v) is 5.19. The maximum atomic E-state index is 13.0. The molecule has 0 radical (unpaired) electrons. The molecule has 0 atom stereocenters. The number of furan rings is 1. The van der Waals surface area contributed by atoms with Gasteiger partial charge >= 0.3 is 12.2 Å². The highest BCUT2D eigenvalue weighted by Crippen LogP contribution is 2.37. The molecule has 0 unspecified atom stereocenters. The normalized spacial score (nSPS) is 19.0. The molecule has 31 heavy (non-hydrogen) atoms. The van der Waals surface area contributed by atoms with Crippen molar-refractivity contribution in [2.45, 2.75) is 44.8 Å². The lowest BCUT2D eigenvalue weighted by atomic mass is 9.86. The number of nitrogens with one attached hydrogen (secondary N) is 3. The minimum atomic E-state index is -4.67. The number of aryl methyl sites for hydroxylation is 1. The molecule has 1 aliphatic carbocycles. The van der Waals surface area contributed by atoms with Gasteiger partial charge in [-0.15, -0.1) is 0 Å². The summed E-state index contributed by atoms with van der Waals surface area (Å²) in [6.07, 6.45) is 0.585. The van der Waals surface area contributed by atoms with Gasteiger partial charge in [-0.3, -0.25) is 0 Å². The molecule has 2 heterocycles. The summed E-state index contributed by atoms with van der Waals surface area (Å²) in [6.45, 7) is 1.79. The third-order valence-electron chi connectivity index (χ3n) is 5.19. The smallest absolute Gasteiger partial charge is 0.451 e. The van der Waals surface area contributed by atoms with E-state index in [9.17, 15) is 18.0 Å². The maximum Gasteiger partial charge on any atom is 0.451 e. The van der Waals surface area contributed by atoms with Gasteiger partial charge in [0.2, 0.25) is 11.7 Å². The van der Waals surface area contributed by atoms with Gasteiger partial charge in [0.25, 0.3) is 0 Å². The van der Waals surface area contributed by atoms with Gasteiger partial charge in [0.1, 0.15) is 11.6 Å². The molecular weight excluding hydrogens is 413 g/mol. The summed E-state index contributed by atoms with van der Waals surface area (Å²) in [6, 6.07) is 2.56. The third kappa shape index (κ3) is 6.25. The van der Waals surface area contributed by atoms with E-state index < -0.39 is 18.0 Å². The van der Waals surface area contributed by atoms with Crippen LogP contribution in [0.3, 0.4) is 0 Å². The molecule has 8 nitrogen and oxygen atoms in total. The minimum Gasteiger partial charge on any atom is -0.455 e. The first-order valence-electron chi connectivity index (χ1n) is 10.1. The predicted molar refractivity (Wildman–Crippen MR) is 111 cm³/mol. The van der Waals surface area contributed by atoms with Gasteiger partial charge in [0.15, 0.2) is 0 Å². The number of rotatable bonds is 6. The fraction of sp³-hybridized carbons (Fsp3) is 0.550. The molecule has 2 aromatic heterocycles. The first-order valence-corrected chi connectivity index (χ1v) is 10.1. The Morgan fingerprint density at radius 2 is 1.97 bits per heavy atom. The molecule has 1 saturated carbocycles. The van der Waals surface area contributed by atoms with Crippen molar-refractivity contribution in [1.82, 2.24) is 15.3 Å². The van der Waals surface area contributed by atoms with E-state index in [4.69, 9.17) is 0 Å². The molecule has 2 amide bonds. The van der Waals surface area contributed by atoms with Gasteiger partial charge in [-0.25, -0.2) is 9.78 Å². The first-order chi connectivity index (χ1) is 14.6. The highest BCUT2D eigenvalue weighted by Gasteiger charge is 2.38. The first kappa shape index (κ1) is 22.7. The SMILES string of the molecule is Cc1cc(NC(=O)NCC2CCC(Nc3nccc(N(C)C)n3)CC2)c(C(F)(F)F)o1. The number of anilines is 3. The molecule has 0 saturated heterocycles. The van der Waals surface area contributed by atoms with Crippen LogP contribution >= 0.6 is 0 Å². The Morgan fingerprint density at radius 3 is 2.61 bits per heavy atom. The lowest BCUT2D eigenvalue weighted by molar-refractivity contribution is -0.152. The molecule has 170 valence electrons. The lowest BCUT2D eigenvalue weighted by Crippen LogP contribution is -2.36. The van der Waals surface area contributed by atoms with E-state index in [0.29, 0.717) is 12.5 Å². The predicted octanol–water partition coefficient (Wildman–Crippen LogP) is 4.26. The lowest BCUT2D eigenvalue weighted by Gasteiger charge is -2.29. The van der Waals surface area contributed by atoms with Crippen molar-refractivity contribution in [3.63, 3.8) is 0 Å². The molecule has 3 rings (SSSR count).